The zero-order valence-corrected chi connectivity index (χ0v) is 7.57. The van der Waals surface area contributed by atoms with E-state index in [1.165, 1.54) is 18.4 Å². The van der Waals surface area contributed by atoms with Gasteiger partial charge in [-0.2, -0.15) is 5.10 Å². The smallest absolute Gasteiger partial charge is 0.157 e. The summed E-state index contributed by atoms with van der Waals surface area (Å²) in [5.41, 5.74) is 2.23. The molecule has 0 unspecified atom stereocenters. The van der Waals surface area contributed by atoms with E-state index in [9.17, 15) is 0 Å². The zero-order chi connectivity index (χ0) is 8.84. The first-order valence-electron chi connectivity index (χ1n) is 4.64. The Balaban J connectivity index is 2.26. The molecule has 0 radical (unpaired) electrons. The van der Waals surface area contributed by atoms with Gasteiger partial charge < -0.3 is 0 Å². The monoisotopic (exact) mass is 173 g/mol. The van der Waals surface area contributed by atoms with Crippen LogP contribution in [-0.4, -0.2) is 14.8 Å². The van der Waals surface area contributed by atoms with E-state index in [-0.39, 0.29) is 0 Å². The van der Waals surface area contributed by atoms with E-state index in [4.69, 9.17) is 0 Å². The Bertz CT molecular complexity index is 454. The molecule has 1 aliphatic rings. The van der Waals surface area contributed by atoms with Crippen LogP contribution in [0.2, 0.25) is 0 Å². The number of fused-ring (bicyclic) bond motifs is 1. The highest BCUT2D eigenvalue weighted by molar-refractivity contribution is 5.75. The second-order valence-electron chi connectivity index (χ2n) is 3.75. The second kappa shape index (κ2) is 2.31. The maximum atomic E-state index is 4.40. The first-order chi connectivity index (χ1) is 6.34. The minimum absolute atomic E-state index is 0.618. The third-order valence-electron chi connectivity index (χ3n) is 2.46. The highest BCUT2D eigenvalue weighted by Gasteiger charge is 2.26. The topological polar surface area (TPSA) is 30.7 Å². The Labute approximate surface area is 76.4 Å². The lowest BCUT2D eigenvalue weighted by Crippen LogP contribution is -1.96. The summed E-state index contributed by atoms with van der Waals surface area (Å²) >= 11 is 0. The Kier molecular flexibility index (Phi) is 1.26. The molecule has 0 aromatic carbocycles. The van der Waals surface area contributed by atoms with Crippen LogP contribution in [0, 0.1) is 6.92 Å². The summed E-state index contributed by atoms with van der Waals surface area (Å²) in [5.74, 6) is 0. The number of aryl methyl sites for hydroxylation is 1. The Morgan fingerprint density at radius 3 is 3.00 bits per heavy atom. The zero-order valence-electron chi connectivity index (χ0n) is 7.57. The van der Waals surface area contributed by atoms with Gasteiger partial charge in [-0.3, -0.25) is 0 Å². The molecular formula is C10H11N3. The predicted molar refractivity (Wildman–Crippen MR) is 50.5 cm³/mol. The number of pyridine rings is 1. The van der Waals surface area contributed by atoms with Crippen molar-refractivity contribution in [3.8, 4) is 0 Å². The first kappa shape index (κ1) is 7.06. The van der Waals surface area contributed by atoms with E-state index in [1.54, 1.807) is 0 Å². The molecule has 0 bridgehead atoms. The van der Waals surface area contributed by atoms with Crippen molar-refractivity contribution in [2.24, 2.45) is 0 Å². The lowest BCUT2D eigenvalue weighted by atomic mass is 10.3. The average Bonchev–Trinajstić information content (AvgIpc) is 2.87. The second-order valence-corrected chi connectivity index (χ2v) is 3.75. The van der Waals surface area contributed by atoms with Crippen LogP contribution in [-0.2, 0) is 0 Å². The maximum absolute atomic E-state index is 4.40. The van der Waals surface area contributed by atoms with Gasteiger partial charge in [0.05, 0.1) is 12.2 Å². The van der Waals surface area contributed by atoms with E-state index in [0.29, 0.717) is 6.04 Å². The fourth-order valence-electron chi connectivity index (χ4n) is 1.64. The van der Waals surface area contributed by atoms with Crippen molar-refractivity contribution in [3.63, 3.8) is 0 Å². The molecule has 3 nitrogen and oxygen atoms in total. The van der Waals surface area contributed by atoms with Crippen LogP contribution in [0.5, 0.6) is 0 Å². The van der Waals surface area contributed by atoms with E-state index < -0.39 is 0 Å². The number of aromatic nitrogens is 3. The molecule has 0 atom stereocenters. The van der Waals surface area contributed by atoms with E-state index in [1.807, 2.05) is 12.4 Å². The molecule has 1 fully saturated rings. The van der Waals surface area contributed by atoms with Crippen molar-refractivity contribution < 1.29 is 0 Å². The summed E-state index contributed by atoms with van der Waals surface area (Å²) in [6, 6.07) is 2.75. The molecule has 0 aliphatic heterocycles. The van der Waals surface area contributed by atoms with E-state index in [2.05, 4.69) is 27.8 Å². The molecule has 0 N–H and O–H groups in total. The summed E-state index contributed by atoms with van der Waals surface area (Å²) in [5, 5.41) is 5.51. The molecule has 1 saturated carbocycles. The summed E-state index contributed by atoms with van der Waals surface area (Å²) in [4.78, 5) is 4.40. The minimum atomic E-state index is 0.618. The summed E-state index contributed by atoms with van der Waals surface area (Å²) in [6.45, 7) is 2.06. The van der Waals surface area contributed by atoms with Gasteiger partial charge in [-0.15, -0.1) is 0 Å². The molecule has 13 heavy (non-hydrogen) atoms. The summed E-state index contributed by atoms with van der Waals surface area (Å²) < 4.78 is 2.05. The van der Waals surface area contributed by atoms with Gasteiger partial charge in [0, 0.05) is 11.6 Å². The third-order valence-corrected chi connectivity index (χ3v) is 2.46. The standard InChI is InChI=1S/C10H11N3/c1-7-4-8-6-12-13(9-2-3-9)10(8)11-5-7/h4-6,9H,2-3H2,1H3. The highest BCUT2D eigenvalue weighted by atomic mass is 15.3. The number of hydrogen-bond donors (Lipinski definition) is 0. The molecule has 0 saturated heterocycles. The van der Waals surface area contributed by atoms with Crippen molar-refractivity contribution in [2.45, 2.75) is 25.8 Å². The van der Waals surface area contributed by atoms with Crippen molar-refractivity contribution in [3.05, 3.63) is 24.0 Å². The Morgan fingerprint density at radius 1 is 1.38 bits per heavy atom. The Morgan fingerprint density at radius 2 is 2.23 bits per heavy atom. The molecule has 2 aromatic heterocycles. The molecule has 0 amide bonds. The summed E-state index contributed by atoms with van der Waals surface area (Å²) in [6.07, 6.45) is 6.33. The van der Waals surface area contributed by atoms with E-state index >= 15 is 0 Å². The van der Waals surface area contributed by atoms with Gasteiger partial charge >= 0.3 is 0 Å². The Hall–Kier alpha value is -1.38. The van der Waals surface area contributed by atoms with Crippen LogP contribution < -0.4 is 0 Å². The van der Waals surface area contributed by atoms with Gasteiger partial charge in [-0.25, -0.2) is 9.67 Å². The molecule has 2 aromatic rings. The van der Waals surface area contributed by atoms with Crippen LogP contribution in [0.25, 0.3) is 11.0 Å². The van der Waals surface area contributed by atoms with Crippen molar-refractivity contribution in [1.82, 2.24) is 14.8 Å². The van der Waals surface area contributed by atoms with Gasteiger partial charge in [0.2, 0.25) is 0 Å². The number of rotatable bonds is 1. The first-order valence-corrected chi connectivity index (χ1v) is 4.64. The van der Waals surface area contributed by atoms with Crippen molar-refractivity contribution in [2.75, 3.05) is 0 Å². The largest absolute Gasteiger partial charge is 0.244 e. The number of hydrogen-bond acceptors (Lipinski definition) is 2. The molecule has 2 heterocycles. The van der Waals surface area contributed by atoms with Crippen molar-refractivity contribution >= 4 is 11.0 Å². The average molecular weight is 173 g/mol. The maximum Gasteiger partial charge on any atom is 0.157 e. The predicted octanol–water partition coefficient (Wildman–Crippen LogP) is 2.07. The fourth-order valence-corrected chi connectivity index (χ4v) is 1.64. The quantitative estimate of drug-likeness (QED) is 0.661. The van der Waals surface area contributed by atoms with Gasteiger partial charge in [-0.1, -0.05) is 0 Å². The third kappa shape index (κ3) is 1.03. The normalized spacial score (nSPS) is 16.7. The van der Waals surface area contributed by atoms with Gasteiger partial charge in [0.25, 0.3) is 0 Å². The highest BCUT2D eigenvalue weighted by Crippen LogP contribution is 2.35. The molecule has 3 heteroatoms. The molecule has 1 aliphatic carbocycles. The lowest BCUT2D eigenvalue weighted by molar-refractivity contribution is 0.658. The van der Waals surface area contributed by atoms with Gasteiger partial charge in [0.1, 0.15) is 0 Å². The number of nitrogens with zero attached hydrogens (tertiary/aromatic N) is 3. The lowest BCUT2D eigenvalue weighted by Gasteiger charge is -1.98. The SMILES string of the molecule is Cc1cnc2c(cnn2C2CC2)c1. The van der Waals surface area contributed by atoms with Crippen LogP contribution in [0.4, 0.5) is 0 Å². The summed E-state index contributed by atoms with van der Waals surface area (Å²) in [7, 11) is 0. The minimum Gasteiger partial charge on any atom is -0.244 e. The van der Waals surface area contributed by atoms with Gasteiger partial charge in [-0.05, 0) is 31.4 Å². The van der Waals surface area contributed by atoms with Crippen LogP contribution >= 0.6 is 0 Å². The molecular weight excluding hydrogens is 162 g/mol. The van der Waals surface area contributed by atoms with Gasteiger partial charge in [0.15, 0.2) is 5.65 Å². The van der Waals surface area contributed by atoms with Crippen LogP contribution in [0.3, 0.4) is 0 Å². The molecule has 0 spiro atoms. The van der Waals surface area contributed by atoms with Crippen molar-refractivity contribution in [1.29, 1.82) is 0 Å². The fraction of sp³-hybridized carbons (Fsp3) is 0.400. The van der Waals surface area contributed by atoms with E-state index in [0.717, 1.165) is 11.0 Å². The molecule has 3 rings (SSSR count). The molecule has 66 valence electrons. The van der Waals surface area contributed by atoms with Crippen LogP contribution in [0.15, 0.2) is 18.5 Å². The van der Waals surface area contributed by atoms with Crippen LogP contribution in [0.1, 0.15) is 24.4 Å².